The molecule has 0 aromatic heterocycles. The van der Waals surface area contributed by atoms with E-state index >= 15 is 0 Å². The van der Waals surface area contributed by atoms with Gasteiger partial charge in [0.15, 0.2) is 0 Å². The fourth-order valence-corrected chi connectivity index (χ4v) is 3.56. The minimum absolute atomic E-state index is 0.132. The molecule has 0 heterocycles. The molecule has 3 heteroatoms. The molecule has 1 saturated carbocycles. The number of nitrogens with two attached hydrogens (primary N) is 1. The number of methoxy groups -OCH3 is 1. The van der Waals surface area contributed by atoms with Crippen molar-refractivity contribution in [2.45, 2.75) is 65.4 Å². The molecule has 1 unspecified atom stereocenters. The lowest BCUT2D eigenvalue weighted by Gasteiger charge is -2.51. The lowest BCUT2D eigenvalue weighted by Crippen LogP contribution is -2.53. The summed E-state index contributed by atoms with van der Waals surface area (Å²) in [6, 6.07) is 0. The summed E-state index contributed by atoms with van der Waals surface area (Å²) in [5, 5.41) is 10.8. The van der Waals surface area contributed by atoms with Gasteiger partial charge in [0.1, 0.15) is 0 Å². The predicted molar refractivity (Wildman–Crippen MR) is 80.0 cm³/mol. The minimum atomic E-state index is -0.722. The average molecular weight is 271 g/mol. The van der Waals surface area contributed by atoms with E-state index in [-0.39, 0.29) is 5.41 Å². The van der Waals surface area contributed by atoms with E-state index < -0.39 is 5.60 Å². The smallest absolute Gasteiger partial charge is 0.0709 e. The molecule has 0 amide bonds. The molecule has 114 valence electrons. The largest absolute Gasteiger partial charge is 0.389 e. The zero-order valence-electron chi connectivity index (χ0n) is 13.5. The summed E-state index contributed by atoms with van der Waals surface area (Å²) in [5.74, 6) is 0.741. The highest BCUT2D eigenvalue weighted by molar-refractivity contribution is 5.00. The Hall–Kier alpha value is -0.120. The van der Waals surface area contributed by atoms with Gasteiger partial charge in [-0.1, -0.05) is 20.8 Å². The Kier molecular flexibility index (Phi) is 5.44. The number of aliphatic hydroxyl groups is 1. The molecule has 0 aliphatic heterocycles. The molecule has 1 aliphatic rings. The molecule has 3 nitrogen and oxygen atoms in total. The van der Waals surface area contributed by atoms with Crippen LogP contribution in [0.15, 0.2) is 0 Å². The Morgan fingerprint density at radius 2 is 1.74 bits per heavy atom. The second-order valence-corrected chi connectivity index (χ2v) is 7.64. The zero-order chi connectivity index (χ0) is 14.7. The monoisotopic (exact) mass is 271 g/mol. The van der Waals surface area contributed by atoms with Crippen LogP contribution in [-0.4, -0.2) is 31.0 Å². The second-order valence-electron chi connectivity index (χ2n) is 7.64. The van der Waals surface area contributed by atoms with Gasteiger partial charge in [-0.2, -0.15) is 0 Å². The summed E-state index contributed by atoms with van der Waals surface area (Å²) in [7, 11) is 1.68. The summed E-state index contributed by atoms with van der Waals surface area (Å²) >= 11 is 0. The molecule has 1 atom stereocenters. The SMILES string of the molecule is COCCC(C)(O)C1(CN)CCC(C(C)(C)C)CC1. The third-order valence-electron chi connectivity index (χ3n) is 5.49. The Morgan fingerprint density at radius 1 is 1.21 bits per heavy atom. The van der Waals surface area contributed by atoms with E-state index in [0.717, 1.165) is 18.8 Å². The molecular weight excluding hydrogens is 238 g/mol. The van der Waals surface area contributed by atoms with Crippen molar-refractivity contribution in [2.75, 3.05) is 20.3 Å². The number of hydrogen-bond acceptors (Lipinski definition) is 3. The third-order valence-corrected chi connectivity index (χ3v) is 5.49. The Morgan fingerprint density at radius 3 is 2.11 bits per heavy atom. The lowest BCUT2D eigenvalue weighted by atomic mass is 9.58. The fraction of sp³-hybridized carbons (Fsp3) is 1.00. The van der Waals surface area contributed by atoms with Gasteiger partial charge in [0.25, 0.3) is 0 Å². The van der Waals surface area contributed by atoms with Gasteiger partial charge in [-0.15, -0.1) is 0 Å². The van der Waals surface area contributed by atoms with Gasteiger partial charge in [-0.25, -0.2) is 0 Å². The molecule has 0 radical (unpaired) electrons. The first-order valence-electron chi connectivity index (χ1n) is 7.60. The van der Waals surface area contributed by atoms with Gasteiger partial charge >= 0.3 is 0 Å². The number of rotatable bonds is 5. The Bertz CT molecular complexity index is 273. The highest BCUT2D eigenvalue weighted by Crippen LogP contribution is 2.50. The number of ether oxygens (including phenoxy) is 1. The van der Waals surface area contributed by atoms with E-state index in [2.05, 4.69) is 20.8 Å². The average Bonchev–Trinajstić information content (AvgIpc) is 2.35. The third kappa shape index (κ3) is 3.71. The molecule has 0 aromatic carbocycles. The first-order valence-corrected chi connectivity index (χ1v) is 7.60. The van der Waals surface area contributed by atoms with Gasteiger partial charge in [-0.05, 0) is 50.4 Å². The van der Waals surface area contributed by atoms with E-state index in [1.807, 2.05) is 6.92 Å². The van der Waals surface area contributed by atoms with Crippen molar-refractivity contribution >= 4 is 0 Å². The van der Waals surface area contributed by atoms with Gasteiger partial charge in [0.05, 0.1) is 5.60 Å². The van der Waals surface area contributed by atoms with Crippen LogP contribution in [0.25, 0.3) is 0 Å². The molecule has 1 aliphatic carbocycles. The van der Waals surface area contributed by atoms with Gasteiger partial charge in [0, 0.05) is 25.7 Å². The molecule has 1 fully saturated rings. The maximum absolute atomic E-state index is 10.8. The van der Waals surface area contributed by atoms with Crippen LogP contribution in [0.3, 0.4) is 0 Å². The van der Waals surface area contributed by atoms with Crippen LogP contribution in [0.2, 0.25) is 0 Å². The van der Waals surface area contributed by atoms with Gasteiger partial charge < -0.3 is 15.6 Å². The molecular formula is C16H33NO2. The van der Waals surface area contributed by atoms with E-state index in [9.17, 15) is 5.11 Å². The van der Waals surface area contributed by atoms with E-state index in [1.54, 1.807) is 7.11 Å². The van der Waals surface area contributed by atoms with E-state index in [4.69, 9.17) is 10.5 Å². The summed E-state index contributed by atoms with van der Waals surface area (Å²) in [6.45, 7) is 10.1. The maximum atomic E-state index is 10.8. The van der Waals surface area contributed by atoms with Crippen LogP contribution >= 0.6 is 0 Å². The molecule has 0 bridgehead atoms. The van der Waals surface area contributed by atoms with Crippen molar-refractivity contribution in [2.24, 2.45) is 22.5 Å². The molecule has 1 rings (SSSR count). The van der Waals surface area contributed by atoms with Crippen molar-refractivity contribution in [3.63, 3.8) is 0 Å². The normalized spacial score (nSPS) is 32.1. The predicted octanol–water partition coefficient (Wildman–Crippen LogP) is 2.96. The fourth-order valence-electron chi connectivity index (χ4n) is 3.56. The molecule has 19 heavy (non-hydrogen) atoms. The quantitative estimate of drug-likeness (QED) is 0.808. The standard InChI is InChI=1S/C16H33NO2/c1-14(2,3)13-6-8-16(12-17,9-7-13)15(4,18)10-11-19-5/h13,18H,6-12,17H2,1-5H3. The minimum Gasteiger partial charge on any atom is -0.389 e. The van der Waals surface area contributed by atoms with Crippen molar-refractivity contribution in [3.05, 3.63) is 0 Å². The van der Waals surface area contributed by atoms with Crippen molar-refractivity contribution in [1.29, 1.82) is 0 Å². The summed E-state index contributed by atoms with van der Waals surface area (Å²) in [4.78, 5) is 0. The van der Waals surface area contributed by atoms with Crippen LogP contribution < -0.4 is 5.73 Å². The van der Waals surface area contributed by atoms with Crippen LogP contribution in [0.4, 0.5) is 0 Å². The van der Waals surface area contributed by atoms with E-state index in [0.29, 0.717) is 25.0 Å². The summed E-state index contributed by atoms with van der Waals surface area (Å²) in [6.07, 6.45) is 5.07. The van der Waals surface area contributed by atoms with Crippen molar-refractivity contribution < 1.29 is 9.84 Å². The van der Waals surface area contributed by atoms with Gasteiger partial charge in [-0.3, -0.25) is 0 Å². The molecule has 3 N–H and O–H groups in total. The van der Waals surface area contributed by atoms with Crippen LogP contribution in [0, 0.1) is 16.7 Å². The molecule has 0 spiro atoms. The number of hydrogen-bond donors (Lipinski definition) is 2. The lowest BCUT2D eigenvalue weighted by molar-refractivity contribution is -0.111. The topological polar surface area (TPSA) is 55.5 Å². The van der Waals surface area contributed by atoms with Gasteiger partial charge in [0.2, 0.25) is 0 Å². The summed E-state index contributed by atoms with van der Waals surface area (Å²) in [5.41, 5.74) is 5.56. The first-order chi connectivity index (χ1) is 8.68. The van der Waals surface area contributed by atoms with Crippen molar-refractivity contribution in [1.82, 2.24) is 0 Å². The highest BCUT2D eigenvalue weighted by Gasteiger charge is 2.48. The van der Waals surface area contributed by atoms with Crippen LogP contribution in [0.5, 0.6) is 0 Å². The Balaban J connectivity index is 2.74. The van der Waals surface area contributed by atoms with Crippen LogP contribution in [0.1, 0.15) is 59.8 Å². The molecule has 0 saturated heterocycles. The van der Waals surface area contributed by atoms with E-state index in [1.165, 1.54) is 12.8 Å². The second kappa shape index (κ2) is 6.11. The van der Waals surface area contributed by atoms with Crippen molar-refractivity contribution in [3.8, 4) is 0 Å². The maximum Gasteiger partial charge on any atom is 0.0709 e. The summed E-state index contributed by atoms with van der Waals surface area (Å²) < 4.78 is 5.13. The Labute approximate surface area is 118 Å². The van der Waals surface area contributed by atoms with Crippen LogP contribution in [-0.2, 0) is 4.74 Å². The molecule has 0 aromatic rings. The first kappa shape index (κ1) is 16.9. The zero-order valence-corrected chi connectivity index (χ0v) is 13.5. The highest BCUT2D eigenvalue weighted by atomic mass is 16.5.